The van der Waals surface area contributed by atoms with Gasteiger partial charge in [-0.3, -0.25) is 4.89 Å². The van der Waals surface area contributed by atoms with Gasteiger partial charge in [0.2, 0.25) is 7.59 Å². The van der Waals surface area contributed by atoms with Crippen molar-refractivity contribution in [2.45, 2.75) is 7.59 Å². The molecular formula is C14H9Cl6O4P. The lowest BCUT2D eigenvalue weighted by molar-refractivity contribution is 0.291. The van der Waals surface area contributed by atoms with E-state index in [1.54, 1.807) is 0 Å². The van der Waals surface area contributed by atoms with Crippen molar-refractivity contribution in [1.29, 1.82) is 0 Å². The molecule has 0 aromatic heterocycles. The Morgan fingerprint density at radius 3 is 1.20 bits per heavy atom. The molecule has 0 aliphatic heterocycles. The third kappa shape index (κ3) is 6.57. The van der Waals surface area contributed by atoms with Gasteiger partial charge in [-0.1, -0.05) is 93.9 Å². The van der Waals surface area contributed by atoms with Crippen molar-refractivity contribution < 1.29 is 18.5 Å². The van der Waals surface area contributed by atoms with Crippen LogP contribution in [0, 0.1) is 0 Å². The normalized spacial score (nSPS) is 12.8. The first-order valence-electron chi connectivity index (χ1n) is 6.43. The van der Waals surface area contributed by atoms with Crippen LogP contribution in [0.2, 0.25) is 0 Å². The Hall–Kier alpha value is -0.0300. The van der Waals surface area contributed by atoms with Crippen molar-refractivity contribution in [2.24, 2.45) is 0 Å². The van der Waals surface area contributed by atoms with Crippen LogP contribution in [-0.2, 0) is 12.2 Å². The van der Waals surface area contributed by atoms with Crippen molar-refractivity contribution in [3.8, 4) is 11.5 Å². The molecule has 4 nitrogen and oxygen atoms in total. The SMILES string of the molecule is O=P(O)(Oc1ccc(C(Cl)(Cl)Cl)cc1)Oc1ccc(C(Cl)(Cl)Cl)cc1. The van der Waals surface area contributed by atoms with E-state index in [1.165, 1.54) is 48.5 Å². The van der Waals surface area contributed by atoms with Gasteiger partial charge in [0.15, 0.2) is 0 Å². The van der Waals surface area contributed by atoms with Gasteiger partial charge in [-0.25, -0.2) is 4.57 Å². The molecule has 0 heterocycles. The van der Waals surface area contributed by atoms with Crippen LogP contribution in [0.4, 0.5) is 0 Å². The largest absolute Gasteiger partial charge is 0.584 e. The Morgan fingerprint density at radius 2 is 0.960 bits per heavy atom. The molecule has 136 valence electrons. The van der Waals surface area contributed by atoms with Gasteiger partial charge in [-0.15, -0.1) is 0 Å². The molecule has 0 saturated carbocycles. The summed E-state index contributed by atoms with van der Waals surface area (Å²) in [6.45, 7) is 0. The second-order valence-corrected chi connectivity index (χ2v) is 10.6. The first kappa shape index (κ1) is 21.3. The number of benzene rings is 2. The predicted octanol–water partition coefficient (Wildman–Crippen LogP) is 6.90. The lowest BCUT2D eigenvalue weighted by atomic mass is 10.2. The van der Waals surface area contributed by atoms with Crippen molar-refractivity contribution in [3.63, 3.8) is 0 Å². The molecule has 11 heteroatoms. The zero-order valence-electron chi connectivity index (χ0n) is 12.0. The van der Waals surface area contributed by atoms with E-state index >= 15 is 0 Å². The molecule has 1 N–H and O–H groups in total. The van der Waals surface area contributed by atoms with E-state index in [0.29, 0.717) is 11.1 Å². The molecule has 2 rings (SSSR count). The van der Waals surface area contributed by atoms with Gasteiger partial charge in [0, 0.05) is 11.1 Å². The maximum absolute atomic E-state index is 12.1. The van der Waals surface area contributed by atoms with Gasteiger partial charge in [0.1, 0.15) is 11.5 Å². The topological polar surface area (TPSA) is 55.8 Å². The minimum atomic E-state index is -4.45. The van der Waals surface area contributed by atoms with E-state index in [9.17, 15) is 9.46 Å². The third-order valence-corrected chi connectivity index (χ3v) is 5.00. The Labute approximate surface area is 174 Å². The highest BCUT2D eigenvalue weighted by Crippen LogP contribution is 2.46. The van der Waals surface area contributed by atoms with Crippen LogP contribution in [0.3, 0.4) is 0 Å². The molecule has 0 saturated heterocycles. The summed E-state index contributed by atoms with van der Waals surface area (Å²) in [6.07, 6.45) is 0. The van der Waals surface area contributed by atoms with E-state index in [4.69, 9.17) is 78.7 Å². The second kappa shape index (κ2) is 7.92. The van der Waals surface area contributed by atoms with Crippen LogP contribution >= 0.6 is 77.4 Å². The average Bonchev–Trinajstić information content (AvgIpc) is 2.45. The number of phosphoric acid groups is 1. The molecule has 0 radical (unpaired) electrons. The van der Waals surface area contributed by atoms with Gasteiger partial charge in [-0.05, 0) is 24.3 Å². The first-order valence-corrected chi connectivity index (χ1v) is 10.2. The summed E-state index contributed by atoms with van der Waals surface area (Å²) >= 11 is 34.4. The highest BCUT2D eigenvalue weighted by molar-refractivity contribution is 7.48. The monoisotopic (exact) mass is 482 g/mol. The molecule has 0 atom stereocenters. The van der Waals surface area contributed by atoms with E-state index < -0.39 is 15.4 Å². The van der Waals surface area contributed by atoms with Crippen LogP contribution in [0.15, 0.2) is 48.5 Å². The summed E-state index contributed by atoms with van der Waals surface area (Å²) in [7, 11) is -4.45. The smallest absolute Gasteiger partial charge is 0.395 e. The van der Waals surface area contributed by atoms with E-state index in [-0.39, 0.29) is 11.5 Å². The molecular weight excluding hydrogens is 476 g/mol. The van der Waals surface area contributed by atoms with Crippen molar-refractivity contribution in [2.75, 3.05) is 0 Å². The Kier molecular flexibility index (Phi) is 6.74. The van der Waals surface area contributed by atoms with E-state index in [1.807, 2.05) is 0 Å². The zero-order chi connectivity index (χ0) is 18.9. The Morgan fingerprint density at radius 1 is 0.680 bits per heavy atom. The first-order chi connectivity index (χ1) is 11.4. The summed E-state index contributed by atoms with van der Waals surface area (Å²) in [4.78, 5) is 9.83. The Balaban J connectivity index is 2.08. The van der Waals surface area contributed by atoms with Crippen molar-refractivity contribution in [3.05, 3.63) is 59.7 Å². The minimum Gasteiger partial charge on any atom is -0.395 e. The maximum Gasteiger partial charge on any atom is 0.584 e. The quantitative estimate of drug-likeness (QED) is 0.379. The fourth-order valence-corrected chi connectivity index (χ4v) is 3.26. The number of alkyl halides is 6. The highest BCUT2D eigenvalue weighted by atomic mass is 35.6. The summed E-state index contributed by atoms with van der Waals surface area (Å²) in [5, 5.41) is 0. The molecule has 0 aliphatic rings. The van der Waals surface area contributed by atoms with Gasteiger partial charge in [0.25, 0.3) is 0 Å². The van der Waals surface area contributed by atoms with Crippen LogP contribution in [-0.4, -0.2) is 4.89 Å². The van der Waals surface area contributed by atoms with E-state index in [2.05, 4.69) is 0 Å². The van der Waals surface area contributed by atoms with Gasteiger partial charge >= 0.3 is 7.82 Å². The Bertz CT molecular complexity index is 704. The number of halogens is 6. The van der Waals surface area contributed by atoms with Gasteiger partial charge in [-0.2, -0.15) is 0 Å². The lowest BCUT2D eigenvalue weighted by Gasteiger charge is -2.16. The summed E-state index contributed by atoms with van der Waals surface area (Å²) in [5.41, 5.74) is 0.752. The van der Waals surface area contributed by atoms with Gasteiger partial charge in [0.05, 0.1) is 0 Å². The minimum absolute atomic E-state index is 0.0572. The number of phosphoric ester groups is 1. The lowest BCUT2D eigenvalue weighted by Crippen LogP contribution is -2.03. The van der Waals surface area contributed by atoms with Crippen molar-refractivity contribution >= 4 is 77.4 Å². The second-order valence-electron chi connectivity index (χ2n) is 4.70. The summed E-state index contributed by atoms with van der Waals surface area (Å²) in [5.74, 6) is 0.114. The maximum atomic E-state index is 12.1. The molecule has 25 heavy (non-hydrogen) atoms. The zero-order valence-corrected chi connectivity index (χ0v) is 17.4. The van der Waals surface area contributed by atoms with Crippen LogP contribution in [0.5, 0.6) is 11.5 Å². The highest BCUT2D eigenvalue weighted by Gasteiger charge is 2.28. The molecule has 2 aromatic rings. The molecule has 0 spiro atoms. The van der Waals surface area contributed by atoms with E-state index in [0.717, 1.165) is 0 Å². The standard InChI is InChI=1S/C14H9Cl6O4P/c15-13(16,17)9-1-5-11(6-2-9)23-25(21,22)24-12-7-3-10(4-8-12)14(18,19)20/h1-8H,(H,21,22). The van der Waals surface area contributed by atoms with Gasteiger partial charge < -0.3 is 9.05 Å². The summed E-state index contributed by atoms with van der Waals surface area (Å²) in [6, 6.07) is 11.3. The fourth-order valence-electron chi connectivity index (χ4n) is 1.69. The fraction of sp³-hybridized carbons (Fsp3) is 0.143. The number of rotatable bonds is 4. The molecule has 0 bridgehead atoms. The van der Waals surface area contributed by atoms with Crippen LogP contribution in [0.25, 0.3) is 0 Å². The molecule has 2 aromatic carbocycles. The third-order valence-electron chi connectivity index (χ3n) is 2.80. The van der Waals surface area contributed by atoms with Crippen LogP contribution in [0.1, 0.15) is 11.1 Å². The summed E-state index contributed by atoms with van der Waals surface area (Å²) < 4.78 is 18.8. The number of hydrogen-bond acceptors (Lipinski definition) is 3. The van der Waals surface area contributed by atoms with Crippen molar-refractivity contribution in [1.82, 2.24) is 0 Å². The molecule has 0 amide bonds. The average molecular weight is 485 g/mol. The number of hydrogen-bond donors (Lipinski definition) is 1. The molecule has 0 unspecified atom stereocenters. The predicted molar refractivity (Wildman–Crippen MR) is 102 cm³/mol. The molecule has 0 fully saturated rings. The molecule has 0 aliphatic carbocycles. The van der Waals surface area contributed by atoms with Crippen LogP contribution < -0.4 is 9.05 Å².